The SMILES string of the molecule is NC12CCCCC1NCC2. The summed E-state index contributed by atoms with van der Waals surface area (Å²) < 4.78 is 0. The number of rotatable bonds is 0. The lowest BCUT2D eigenvalue weighted by atomic mass is 9.79. The fourth-order valence-electron chi connectivity index (χ4n) is 2.35. The fraction of sp³-hybridized carbons (Fsp3) is 1.00. The molecule has 3 N–H and O–H groups in total. The van der Waals surface area contributed by atoms with Crippen molar-refractivity contribution < 1.29 is 0 Å². The third-order valence-electron chi connectivity index (χ3n) is 3.06. The number of hydrogen-bond acceptors (Lipinski definition) is 2. The molecule has 2 rings (SSSR count). The van der Waals surface area contributed by atoms with Gasteiger partial charge in [-0.2, -0.15) is 0 Å². The van der Waals surface area contributed by atoms with E-state index in [4.69, 9.17) is 5.73 Å². The average molecular weight is 140 g/mol. The monoisotopic (exact) mass is 140 g/mol. The van der Waals surface area contributed by atoms with Crippen molar-refractivity contribution in [2.24, 2.45) is 5.73 Å². The maximum absolute atomic E-state index is 6.20. The molecule has 1 saturated heterocycles. The second kappa shape index (κ2) is 2.21. The molecule has 0 spiro atoms. The van der Waals surface area contributed by atoms with Gasteiger partial charge in [0.05, 0.1) is 0 Å². The molecular weight excluding hydrogens is 124 g/mol. The lowest BCUT2D eigenvalue weighted by Crippen LogP contribution is -2.52. The smallest absolute Gasteiger partial charge is 0.0322 e. The van der Waals surface area contributed by atoms with Gasteiger partial charge in [-0.1, -0.05) is 12.8 Å². The topological polar surface area (TPSA) is 38.0 Å². The van der Waals surface area contributed by atoms with E-state index in [-0.39, 0.29) is 5.54 Å². The van der Waals surface area contributed by atoms with E-state index in [1.165, 1.54) is 32.1 Å². The molecule has 0 radical (unpaired) electrons. The molecule has 2 aliphatic rings. The average Bonchev–Trinajstić information content (AvgIpc) is 2.29. The molecule has 0 aromatic rings. The van der Waals surface area contributed by atoms with Crippen molar-refractivity contribution in [1.29, 1.82) is 0 Å². The maximum Gasteiger partial charge on any atom is 0.0322 e. The quantitative estimate of drug-likeness (QED) is 0.517. The first-order chi connectivity index (χ1) is 4.81. The molecule has 1 aliphatic carbocycles. The Labute approximate surface area is 62.2 Å². The van der Waals surface area contributed by atoms with E-state index < -0.39 is 0 Å². The molecule has 1 heterocycles. The van der Waals surface area contributed by atoms with Crippen molar-refractivity contribution in [3.05, 3.63) is 0 Å². The first-order valence-electron chi connectivity index (χ1n) is 4.33. The van der Waals surface area contributed by atoms with Crippen LogP contribution < -0.4 is 11.1 Å². The van der Waals surface area contributed by atoms with Gasteiger partial charge < -0.3 is 11.1 Å². The molecule has 2 atom stereocenters. The summed E-state index contributed by atoms with van der Waals surface area (Å²) in [5.41, 5.74) is 6.38. The number of fused-ring (bicyclic) bond motifs is 1. The van der Waals surface area contributed by atoms with Crippen LogP contribution >= 0.6 is 0 Å². The van der Waals surface area contributed by atoms with Crippen LogP contribution in [0.4, 0.5) is 0 Å². The Kier molecular flexibility index (Phi) is 1.46. The van der Waals surface area contributed by atoms with Gasteiger partial charge in [-0.25, -0.2) is 0 Å². The van der Waals surface area contributed by atoms with Crippen LogP contribution in [0.25, 0.3) is 0 Å². The van der Waals surface area contributed by atoms with Crippen LogP contribution in [0.1, 0.15) is 32.1 Å². The normalized spacial score (nSPS) is 47.1. The van der Waals surface area contributed by atoms with Gasteiger partial charge in [-0.15, -0.1) is 0 Å². The van der Waals surface area contributed by atoms with Crippen molar-refractivity contribution >= 4 is 0 Å². The van der Waals surface area contributed by atoms with Crippen molar-refractivity contribution in [2.75, 3.05) is 6.54 Å². The molecule has 2 heteroatoms. The molecular formula is C8H16N2. The first-order valence-corrected chi connectivity index (χ1v) is 4.33. The van der Waals surface area contributed by atoms with E-state index in [0.717, 1.165) is 6.54 Å². The van der Waals surface area contributed by atoms with Crippen molar-refractivity contribution in [1.82, 2.24) is 5.32 Å². The van der Waals surface area contributed by atoms with Crippen LogP contribution in [-0.4, -0.2) is 18.1 Å². The minimum absolute atomic E-state index is 0.179. The lowest BCUT2D eigenvalue weighted by Gasteiger charge is -2.35. The van der Waals surface area contributed by atoms with E-state index in [9.17, 15) is 0 Å². The fourth-order valence-corrected chi connectivity index (χ4v) is 2.35. The Balaban J connectivity index is 2.10. The zero-order valence-electron chi connectivity index (χ0n) is 6.40. The lowest BCUT2D eigenvalue weighted by molar-refractivity contribution is 0.271. The van der Waals surface area contributed by atoms with E-state index in [1.807, 2.05) is 0 Å². The summed E-state index contributed by atoms with van der Waals surface area (Å²) >= 11 is 0. The second-order valence-corrected chi connectivity index (χ2v) is 3.74. The summed E-state index contributed by atoms with van der Waals surface area (Å²) in [6.45, 7) is 1.14. The van der Waals surface area contributed by atoms with E-state index in [1.54, 1.807) is 0 Å². The molecule has 1 saturated carbocycles. The highest BCUT2D eigenvalue weighted by atomic mass is 15.0. The van der Waals surface area contributed by atoms with Crippen LogP contribution in [-0.2, 0) is 0 Å². The van der Waals surface area contributed by atoms with Gasteiger partial charge in [0.1, 0.15) is 0 Å². The van der Waals surface area contributed by atoms with Gasteiger partial charge in [0, 0.05) is 11.6 Å². The summed E-state index contributed by atoms with van der Waals surface area (Å²) in [4.78, 5) is 0. The van der Waals surface area contributed by atoms with Gasteiger partial charge in [-0.05, 0) is 25.8 Å². The van der Waals surface area contributed by atoms with E-state index in [0.29, 0.717) is 6.04 Å². The summed E-state index contributed by atoms with van der Waals surface area (Å²) in [6.07, 6.45) is 6.45. The zero-order chi connectivity index (χ0) is 7.03. The third kappa shape index (κ3) is 0.867. The molecule has 2 fully saturated rings. The van der Waals surface area contributed by atoms with E-state index >= 15 is 0 Å². The van der Waals surface area contributed by atoms with Gasteiger partial charge >= 0.3 is 0 Å². The highest BCUT2D eigenvalue weighted by Gasteiger charge is 2.40. The molecule has 10 heavy (non-hydrogen) atoms. The summed E-state index contributed by atoms with van der Waals surface area (Å²) in [6, 6.07) is 0.640. The van der Waals surface area contributed by atoms with Gasteiger partial charge in [0.15, 0.2) is 0 Å². The van der Waals surface area contributed by atoms with Crippen molar-refractivity contribution in [3.8, 4) is 0 Å². The van der Waals surface area contributed by atoms with Crippen molar-refractivity contribution in [2.45, 2.75) is 43.7 Å². The summed E-state index contributed by atoms with van der Waals surface area (Å²) in [7, 11) is 0. The predicted molar refractivity (Wildman–Crippen MR) is 41.8 cm³/mol. The Hall–Kier alpha value is -0.0800. The van der Waals surface area contributed by atoms with E-state index in [2.05, 4.69) is 5.32 Å². The number of nitrogens with two attached hydrogens (primary N) is 1. The molecule has 1 aliphatic heterocycles. The third-order valence-corrected chi connectivity index (χ3v) is 3.06. The van der Waals surface area contributed by atoms with Crippen LogP contribution in [0.3, 0.4) is 0 Å². The largest absolute Gasteiger partial charge is 0.324 e. The van der Waals surface area contributed by atoms with Crippen LogP contribution in [0, 0.1) is 0 Å². The number of hydrogen-bond donors (Lipinski definition) is 2. The highest BCUT2D eigenvalue weighted by molar-refractivity contribution is 5.03. The van der Waals surface area contributed by atoms with Crippen LogP contribution in [0.2, 0.25) is 0 Å². The Morgan fingerprint density at radius 3 is 3.00 bits per heavy atom. The molecule has 0 aromatic heterocycles. The first kappa shape index (κ1) is 6.62. The maximum atomic E-state index is 6.20. The number of nitrogens with one attached hydrogen (secondary N) is 1. The molecule has 0 aromatic carbocycles. The molecule has 58 valence electrons. The second-order valence-electron chi connectivity index (χ2n) is 3.74. The van der Waals surface area contributed by atoms with Gasteiger partial charge in [0.2, 0.25) is 0 Å². The minimum atomic E-state index is 0.179. The predicted octanol–water partition coefficient (Wildman–Crippen LogP) is 0.620. The summed E-state index contributed by atoms with van der Waals surface area (Å²) in [5.74, 6) is 0. The Morgan fingerprint density at radius 2 is 2.20 bits per heavy atom. The Morgan fingerprint density at radius 1 is 1.30 bits per heavy atom. The minimum Gasteiger partial charge on any atom is -0.324 e. The highest BCUT2D eigenvalue weighted by Crippen LogP contribution is 2.32. The molecule has 0 bridgehead atoms. The van der Waals surface area contributed by atoms with Gasteiger partial charge in [0.25, 0.3) is 0 Å². The molecule has 2 unspecified atom stereocenters. The van der Waals surface area contributed by atoms with Crippen molar-refractivity contribution in [3.63, 3.8) is 0 Å². The van der Waals surface area contributed by atoms with Gasteiger partial charge in [-0.3, -0.25) is 0 Å². The standard InChI is InChI=1S/C8H16N2/c9-8-4-2-1-3-7(8)10-6-5-8/h7,10H,1-6,9H2. The summed E-state index contributed by atoms with van der Waals surface area (Å²) in [5, 5.41) is 3.47. The Bertz CT molecular complexity index is 135. The molecule has 0 amide bonds. The molecule has 2 nitrogen and oxygen atoms in total. The van der Waals surface area contributed by atoms with Crippen LogP contribution in [0.15, 0.2) is 0 Å². The zero-order valence-corrected chi connectivity index (χ0v) is 6.40. The van der Waals surface area contributed by atoms with Crippen LogP contribution in [0.5, 0.6) is 0 Å².